The van der Waals surface area contributed by atoms with Gasteiger partial charge in [0.25, 0.3) is 5.91 Å². The number of hydrogen-bond donors (Lipinski definition) is 0. The topological polar surface area (TPSA) is 117 Å². The van der Waals surface area contributed by atoms with Gasteiger partial charge in [-0.2, -0.15) is 5.10 Å². The molecule has 3 aromatic rings. The maximum atomic E-state index is 14.1. The van der Waals surface area contributed by atoms with E-state index < -0.39 is 35.2 Å². The number of benzene rings is 1. The zero-order valence-electron chi connectivity index (χ0n) is 22.4. The fraction of sp³-hybridized carbons (Fsp3) is 0.444. The van der Waals surface area contributed by atoms with Crippen LogP contribution in [0.15, 0.2) is 35.1 Å². The van der Waals surface area contributed by atoms with Gasteiger partial charge < -0.3 is 14.0 Å². The van der Waals surface area contributed by atoms with Crippen LogP contribution >= 0.6 is 0 Å². The first-order valence-corrected chi connectivity index (χ1v) is 12.0. The number of carbonyl (C=O) groups is 3. The molecule has 0 saturated heterocycles. The van der Waals surface area contributed by atoms with Gasteiger partial charge in [-0.1, -0.05) is 17.3 Å². The third kappa shape index (κ3) is 5.42. The van der Waals surface area contributed by atoms with Crippen LogP contribution in [0.2, 0.25) is 0 Å². The number of amides is 2. The van der Waals surface area contributed by atoms with Crippen LogP contribution in [0.3, 0.4) is 0 Å². The normalized spacial score (nSPS) is 15.6. The lowest BCUT2D eigenvalue weighted by molar-refractivity contribution is -0.156. The second kappa shape index (κ2) is 9.17. The van der Waals surface area contributed by atoms with Crippen molar-refractivity contribution in [2.45, 2.75) is 72.1 Å². The van der Waals surface area contributed by atoms with Gasteiger partial charge in [0, 0.05) is 24.4 Å². The Morgan fingerprint density at radius 3 is 2.30 bits per heavy atom. The highest BCUT2D eigenvalue weighted by atomic mass is 16.6. The summed E-state index contributed by atoms with van der Waals surface area (Å²) < 4.78 is 18.5. The number of fused-ring (bicyclic) bond motifs is 3. The summed E-state index contributed by atoms with van der Waals surface area (Å²) in [6.45, 7) is 12.1. The van der Waals surface area contributed by atoms with Crippen molar-refractivity contribution in [3.05, 3.63) is 47.6 Å². The molecule has 2 aromatic heterocycles. The number of ether oxygens (including phenoxy) is 2. The van der Waals surface area contributed by atoms with Crippen LogP contribution in [0.1, 0.15) is 75.8 Å². The van der Waals surface area contributed by atoms with E-state index in [9.17, 15) is 14.4 Å². The van der Waals surface area contributed by atoms with E-state index in [4.69, 9.17) is 14.0 Å². The van der Waals surface area contributed by atoms with Crippen molar-refractivity contribution in [3.63, 3.8) is 0 Å². The highest BCUT2D eigenvalue weighted by molar-refractivity contribution is 6.10. The molecule has 0 radical (unpaired) electrons. The third-order valence-corrected chi connectivity index (χ3v) is 5.65. The molecular formula is C27H32N4O6. The SMILES string of the molecule is Cc1noc2c1-c1ccc(-c3cnn(C)c3)cc1C(=O)N(C(=O)OC(C)(C)C)[C@H]2CC(=O)OC(C)(C)C. The maximum Gasteiger partial charge on any atom is 0.418 e. The van der Waals surface area contributed by atoms with E-state index in [1.54, 1.807) is 78.5 Å². The molecular weight excluding hydrogens is 476 g/mol. The average molecular weight is 509 g/mol. The van der Waals surface area contributed by atoms with Crippen molar-refractivity contribution in [3.8, 4) is 22.3 Å². The van der Waals surface area contributed by atoms with Crippen molar-refractivity contribution in [2.24, 2.45) is 7.05 Å². The van der Waals surface area contributed by atoms with Crippen molar-refractivity contribution in [1.29, 1.82) is 0 Å². The van der Waals surface area contributed by atoms with E-state index >= 15 is 0 Å². The second-order valence-corrected chi connectivity index (χ2v) is 11.1. The van der Waals surface area contributed by atoms with Crippen LogP contribution in [-0.2, 0) is 21.3 Å². The summed E-state index contributed by atoms with van der Waals surface area (Å²) in [6, 6.07) is 4.24. The number of carbonyl (C=O) groups excluding carboxylic acids is 3. The molecule has 196 valence electrons. The number of rotatable bonds is 3. The average Bonchev–Trinajstić information content (AvgIpc) is 3.33. The zero-order chi connectivity index (χ0) is 27.3. The Balaban J connectivity index is 1.90. The third-order valence-electron chi connectivity index (χ3n) is 5.65. The Kier molecular flexibility index (Phi) is 6.47. The smallest absolute Gasteiger partial charge is 0.418 e. The fourth-order valence-electron chi connectivity index (χ4n) is 4.27. The van der Waals surface area contributed by atoms with Crippen molar-refractivity contribution in [1.82, 2.24) is 19.8 Å². The highest BCUT2D eigenvalue weighted by Gasteiger charge is 2.44. The fourth-order valence-corrected chi connectivity index (χ4v) is 4.27. The first-order chi connectivity index (χ1) is 17.1. The first kappa shape index (κ1) is 26.1. The molecule has 1 aromatic carbocycles. The number of aromatic nitrogens is 3. The molecule has 4 rings (SSSR count). The van der Waals surface area contributed by atoms with E-state index in [0.717, 1.165) is 16.0 Å². The van der Waals surface area contributed by atoms with Crippen LogP contribution in [0, 0.1) is 6.92 Å². The Morgan fingerprint density at radius 2 is 1.70 bits per heavy atom. The van der Waals surface area contributed by atoms with Gasteiger partial charge >= 0.3 is 12.1 Å². The quantitative estimate of drug-likeness (QED) is 0.442. The summed E-state index contributed by atoms with van der Waals surface area (Å²) in [4.78, 5) is 41.5. The standard InChI is InChI=1S/C27H32N4O6/c1-15-22-18-10-9-16(17-13-28-30(8)14-17)11-19(18)24(33)31(25(34)36-27(5,6)7)20(23(22)37-29-15)12-21(32)35-26(2,3)4/h9-11,13-14,20H,12H2,1-8H3/t20-/m0/s1. The van der Waals surface area contributed by atoms with Gasteiger partial charge in [-0.15, -0.1) is 0 Å². The Labute approximate surface area is 215 Å². The summed E-state index contributed by atoms with van der Waals surface area (Å²) in [7, 11) is 1.80. The van der Waals surface area contributed by atoms with E-state index in [1.165, 1.54) is 0 Å². The monoisotopic (exact) mass is 508 g/mol. The number of hydrogen-bond acceptors (Lipinski definition) is 8. The minimum absolute atomic E-state index is 0.218. The molecule has 1 atom stereocenters. The van der Waals surface area contributed by atoms with Gasteiger partial charge in [0.2, 0.25) is 0 Å². The molecule has 0 spiro atoms. The highest BCUT2D eigenvalue weighted by Crippen LogP contribution is 2.43. The van der Waals surface area contributed by atoms with Crippen molar-refractivity contribution < 1.29 is 28.4 Å². The van der Waals surface area contributed by atoms with Gasteiger partial charge in [0.15, 0.2) is 5.76 Å². The van der Waals surface area contributed by atoms with Gasteiger partial charge in [0.05, 0.1) is 23.9 Å². The lowest BCUT2D eigenvalue weighted by atomic mass is 9.94. The molecule has 1 aliphatic heterocycles. The molecule has 0 saturated carbocycles. The number of imide groups is 1. The van der Waals surface area contributed by atoms with Gasteiger partial charge in [-0.05, 0) is 65.7 Å². The minimum atomic E-state index is -1.12. The van der Waals surface area contributed by atoms with Crippen LogP contribution in [0.5, 0.6) is 0 Å². The molecule has 0 fully saturated rings. The molecule has 2 amide bonds. The molecule has 0 aliphatic carbocycles. The number of esters is 1. The van der Waals surface area contributed by atoms with Gasteiger partial charge in [-0.3, -0.25) is 14.3 Å². The number of nitrogens with zero attached hydrogens (tertiary/aromatic N) is 4. The van der Waals surface area contributed by atoms with Crippen molar-refractivity contribution >= 4 is 18.0 Å². The van der Waals surface area contributed by atoms with E-state index in [1.807, 2.05) is 12.3 Å². The molecule has 37 heavy (non-hydrogen) atoms. The predicted molar refractivity (Wildman–Crippen MR) is 134 cm³/mol. The zero-order valence-corrected chi connectivity index (χ0v) is 22.4. The number of aryl methyl sites for hydroxylation is 2. The first-order valence-electron chi connectivity index (χ1n) is 12.0. The van der Waals surface area contributed by atoms with Crippen molar-refractivity contribution in [2.75, 3.05) is 0 Å². The van der Waals surface area contributed by atoms with Gasteiger partial charge in [-0.25, -0.2) is 9.69 Å². The van der Waals surface area contributed by atoms with Crippen LogP contribution in [-0.4, -0.2) is 49.0 Å². The van der Waals surface area contributed by atoms with Crippen LogP contribution < -0.4 is 0 Å². The molecule has 0 N–H and O–H groups in total. The summed E-state index contributed by atoms with van der Waals surface area (Å²) >= 11 is 0. The molecule has 0 unspecified atom stereocenters. The summed E-state index contributed by atoms with van der Waals surface area (Å²) in [5, 5.41) is 8.33. The molecule has 3 heterocycles. The summed E-state index contributed by atoms with van der Waals surface area (Å²) in [5.74, 6) is -0.995. The van der Waals surface area contributed by atoms with Crippen LogP contribution in [0.4, 0.5) is 4.79 Å². The second-order valence-electron chi connectivity index (χ2n) is 11.1. The Hall–Kier alpha value is -3.95. The molecule has 0 bridgehead atoms. The van der Waals surface area contributed by atoms with E-state index in [0.29, 0.717) is 16.8 Å². The Bertz CT molecular complexity index is 1370. The van der Waals surface area contributed by atoms with Crippen LogP contribution in [0.25, 0.3) is 22.3 Å². The predicted octanol–water partition coefficient (Wildman–Crippen LogP) is 5.21. The summed E-state index contributed by atoms with van der Waals surface area (Å²) in [5.41, 5.74) is 1.78. The maximum absolute atomic E-state index is 14.1. The lowest BCUT2D eigenvalue weighted by Crippen LogP contribution is -2.43. The Morgan fingerprint density at radius 1 is 1.03 bits per heavy atom. The summed E-state index contributed by atoms with van der Waals surface area (Å²) in [6.07, 6.45) is 2.30. The lowest BCUT2D eigenvalue weighted by Gasteiger charge is -2.30. The molecule has 10 nitrogen and oxygen atoms in total. The molecule has 1 aliphatic rings. The molecule has 10 heteroatoms. The van der Waals surface area contributed by atoms with E-state index in [2.05, 4.69) is 10.3 Å². The minimum Gasteiger partial charge on any atom is -0.460 e. The van der Waals surface area contributed by atoms with Gasteiger partial charge in [0.1, 0.15) is 17.2 Å². The van der Waals surface area contributed by atoms with E-state index in [-0.39, 0.29) is 17.7 Å². The largest absolute Gasteiger partial charge is 0.460 e.